The van der Waals surface area contributed by atoms with Crippen LogP contribution in [-0.4, -0.2) is 16.6 Å². The molecule has 0 aromatic heterocycles. The number of anilines is 1. The van der Waals surface area contributed by atoms with Gasteiger partial charge in [0.2, 0.25) is 5.91 Å². The first-order chi connectivity index (χ1) is 7.53. The van der Waals surface area contributed by atoms with Gasteiger partial charge in [0.15, 0.2) is 0 Å². The number of para-hydroxylation sites is 1. The van der Waals surface area contributed by atoms with Crippen molar-refractivity contribution in [3.63, 3.8) is 0 Å². The molecule has 0 aliphatic rings. The molecule has 0 saturated carbocycles. The van der Waals surface area contributed by atoms with Crippen molar-refractivity contribution in [2.75, 3.05) is 5.32 Å². The highest BCUT2D eigenvalue weighted by atomic mass is 16.3. The van der Waals surface area contributed by atoms with Crippen molar-refractivity contribution in [3.8, 4) is 12.3 Å². The van der Waals surface area contributed by atoms with Gasteiger partial charge in [-0.2, -0.15) is 0 Å². The molecule has 0 aliphatic carbocycles. The van der Waals surface area contributed by atoms with Gasteiger partial charge in [0.05, 0.1) is 12.0 Å². The molecule has 3 heteroatoms. The molecular formula is C13H15NO2. The number of rotatable bonds is 4. The van der Waals surface area contributed by atoms with Gasteiger partial charge in [-0.25, -0.2) is 0 Å². The first-order valence-corrected chi connectivity index (χ1v) is 5.04. The van der Waals surface area contributed by atoms with Crippen LogP contribution in [0.5, 0.6) is 0 Å². The predicted octanol–water partition coefficient (Wildman–Crippen LogP) is 1.79. The van der Waals surface area contributed by atoms with Crippen LogP contribution in [-0.2, 0) is 4.79 Å². The van der Waals surface area contributed by atoms with E-state index in [4.69, 9.17) is 6.42 Å². The quantitative estimate of drug-likeness (QED) is 0.755. The number of carbonyl (C=O) groups is 1. The van der Waals surface area contributed by atoms with Crippen LogP contribution in [0.2, 0.25) is 0 Å². The third kappa shape index (κ3) is 4.16. The zero-order valence-electron chi connectivity index (χ0n) is 9.23. The lowest BCUT2D eigenvalue weighted by Gasteiger charge is -2.19. The average molecular weight is 217 g/mol. The van der Waals surface area contributed by atoms with Crippen LogP contribution in [0.3, 0.4) is 0 Å². The Labute approximate surface area is 95.5 Å². The normalized spacial score (nSPS) is 13.6. The molecule has 0 saturated heterocycles. The smallest absolute Gasteiger partial charge is 0.227 e. The molecule has 1 amide bonds. The van der Waals surface area contributed by atoms with Crippen molar-refractivity contribution in [2.45, 2.75) is 25.4 Å². The topological polar surface area (TPSA) is 49.3 Å². The minimum absolute atomic E-state index is 0.00784. The molecule has 0 heterocycles. The summed E-state index contributed by atoms with van der Waals surface area (Å²) in [7, 11) is 0. The molecule has 1 aromatic rings. The van der Waals surface area contributed by atoms with Gasteiger partial charge in [-0.3, -0.25) is 4.79 Å². The Kier molecular flexibility index (Phi) is 4.10. The van der Waals surface area contributed by atoms with E-state index in [0.717, 1.165) is 0 Å². The van der Waals surface area contributed by atoms with Gasteiger partial charge < -0.3 is 10.4 Å². The van der Waals surface area contributed by atoms with Gasteiger partial charge in [0, 0.05) is 12.1 Å². The van der Waals surface area contributed by atoms with Crippen molar-refractivity contribution in [2.24, 2.45) is 0 Å². The number of amides is 1. The Bertz CT molecular complexity index is 390. The van der Waals surface area contributed by atoms with Gasteiger partial charge in [-0.1, -0.05) is 18.2 Å². The third-order valence-corrected chi connectivity index (χ3v) is 2.08. The molecule has 0 bridgehead atoms. The maximum atomic E-state index is 11.6. The molecule has 0 spiro atoms. The number of terminal acetylenes is 1. The van der Waals surface area contributed by atoms with E-state index in [2.05, 4.69) is 11.2 Å². The molecule has 1 unspecified atom stereocenters. The van der Waals surface area contributed by atoms with Gasteiger partial charge in [-0.15, -0.1) is 12.3 Å². The molecule has 0 radical (unpaired) electrons. The summed E-state index contributed by atoms with van der Waals surface area (Å²) in [5.74, 6) is 2.10. The third-order valence-electron chi connectivity index (χ3n) is 2.08. The van der Waals surface area contributed by atoms with E-state index < -0.39 is 5.60 Å². The van der Waals surface area contributed by atoms with E-state index >= 15 is 0 Å². The van der Waals surface area contributed by atoms with Crippen molar-refractivity contribution in [1.29, 1.82) is 0 Å². The molecule has 3 nitrogen and oxygen atoms in total. The first-order valence-electron chi connectivity index (χ1n) is 5.04. The molecule has 0 fully saturated rings. The zero-order valence-corrected chi connectivity index (χ0v) is 9.23. The fourth-order valence-corrected chi connectivity index (χ4v) is 1.35. The van der Waals surface area contributed by atoms with E-state index in [1.165, 1.54) is 0 Å². The lowest BCUT2D eigenvalue weighted by atomic mass is 9.98. The number of benzene rings is 1. The second-order valence-electron chi connectivity index (χ2n) is 3.97. The summed E-state index contributed by atoms with van der Waals surface area (Å²) >= 11 is 0. The highest BCUT2D eigenvalue weighted by Gasteiger charge is 2.23. The largest absolute Gasteiger partial charge is 0.389 e. The SMILES string of the molecule is C#CCC(C)(O)CC(=O)Nc1ccccc1. The molecule has 0 aliphatic heterocycles. The fourth-order valence-electron chi connectivity index (χ4n) is 1.35. The summed E-state index contributed by atoms with van der Waals surface area (Å²) in [5, 5.41) is 12.4. The standard InChI is InChI=1S/C13H15NO2/c1-3-9-13(2,16)10-12(15)14-11-7-5-4-6-8-11/h1,4-8,16H,9-10H2,2H3,(H,14,15). The molecule has 84 valence electrons. The lowest BCUT2D eigenvalue weighted by molar-refractivity contribution is -0.120. The van der Waals surface area contributed by atoms with E-state index in [1.54, 1.807) is 19.1 Å². The van der Waals surface area contributed by atoms with E-state index in [9.17, 15) is 9.90 Å². The minimum atomic E-state index is -1.15. The van der Waals surface area contributed by atoms with Crippen molar-refractivity contribution < 1.29 is 9.90 Å². The summed E-state index contributed by atoms with van der Waals surface area (Å²) in [5.41, 5.74) is -0.433. The van der Waals surface area contributed by atoms with Crippen molar-refractivity contribution >= 4 is 11.6 Å². The van der Waals surface area contributed by atoms with Crippen molar-refractivity contribution in [3.05, 3.63) is 30.3 Å². The second-order valence-corrected chi connectivity index (χ2v) is 3.97. The monoisotopic (exact) mass is 217 g/mol. The zero-order chi connectivity index (χ0) is 12.0. The van der Waals surface area contributed by atoms with Crippen LogP contribution < -0.4 is 5.32 Å². The summed E-state index contributed by atoms with van der Waals surface area (Å²) in [4.78, 5) is 11.6. The molecule has 16 heavy (non-hydrogen) atoms. The maximum Gasteiger partial charge on any atom is 0.227 e. The Morgan fingerprint density at radius 3 is 2.69 bits per heavy atom. The highest BCUT2D eigenvalue weighted by Crippen LogP contribution is 2.15. The summed E-state index contributed by atoms with van der Waals surface area (Å²) in [6, 6.07) is 9.09. The Balaban J connectivity index is 2.52. The molecule has 1 atom stereocenters. The average Bonchev–Trinajstić information content (AvgIpc) is 2.17. The van der Waals surface area contributed by atoms with E-state index in [-0.39, 0.29) is 18.7 Å². The fraction of sp³-hybridized carbons (Fsp3) is 0.308. The lowest BCUT2D eigenvalue weighted by Crippen LogP contribution is -2.30. The van der Waals surface area contributed by atoms with Gasteiger partial charge >= 0.3 is 0 Å². The first kappa shape index (κ1) is 12.3. The summed E-state index contributed by atoms with van der Waals surface area (Å²) in [6.45, 7) is 1.55. The van der Waals surface area contributed by atoms with Crippen LogP contribution in [0.25, 0.3) is 0 Å². The number of hydrogen-bond acceptors (Lipinski definition) is 2. The number of carbonyl (C=O) groups excluding carboxylic acids is 1. The molecular weight excluding hydrogens is 202 g/mol. The van der Waals surface area contributed by atoms with Crippen LogP contribution >= 0.6 is 0 Å². The Morgan fingerprint density at radius 2 is 2.12 bits per heavy atom. The highest BCUT2D eigenvalue weighted by molar-refractivity contribution is 5.91. The molecule has 2 N–H and O–H groups in total. The summed E-state index contributed by atoms with van der Waals surface area (Å²) in [6.07, 6.45) is 5.26. The summed E-state index contributed by atoms with van der Waals surface area (Å²) < 4.78 is 0. The Morgan fingerprint density at radius 1 is 1.50 bits per heavy atom. The second kappa shape index (κ2) is 5.34. The van der Waals surface area contributed by atoms with Crippen LogP contribution in [0.4, 0.5) is 5.69 Å². The minimum Gasteiger partial charge on any atom is -0.389 e. The van der Waals surface area contributed by atoms with E-state index in [1.807, 2.05) is 18.2 Å². The number of nitrogens with one attached hydrogen (secondary N) is 1. The number of hydrogen-bond donors (Lipinski definition) is 2. The van der Waals surface area contributed by atoms with E-state index in [0.29, 0.717) is 5.69 Å². The van der Waals surface area contributed by atoms with Gasteiger partial charge in [-0.05, 0) is 19.1 Å². The van der Waals surface area contributed by atoms with Gasteiger partial charge in [0.25, 0.3) is 0 Å². The predicted molar refractivity (Wildman–Crippen MR) is 63.8 cm³/mol. The maximum absolute atomic E-state index is 11.6. The number of aliphatic hydroxyl groups is 1. The van der Waals surface area contributed by atoms with Crippen molar-refractivity contribution in [1.82, 2.24) is 0 Å². The van der Waals surface area contributed by atoms with Gasteiger partial charge in [0.1, 0.15) is 0 Å². The molecule has 1 rings (SSSR count). The van der Waals surface area contributed by atoms with Crippen LogP contribution in [0.15, 0.2) is 30.3 Å². The van der Waals surface area contributed by atoms with Crippen LogP contribution in [0.1, 0.15) is 19.8 Å². The van der Waals surface area contributed by atoms with Crippen LogP contribution in [0, 0.1) is 12.3 Å². The molecule has 1 aromatic carbocycles. The Hall–Kier alpha value is -1.79.